The number of benzene rings is 2. The minimum absolute atomic E-state index is 0.137. The summed E-state index contributed by atoms with van der Waals surface area (Å²) in [5.41, 5.74) is 0.715. The Balaban J connectivity index is 2.16. The van der Waals surface area contributed by atoms with E-state index >= 15 is 0 Å². The molecule has 0 spiro atoms. The van der Waals surface area contributed by atoms with Gasteiger partial charge in [-0.3, -0.25) is 4.79 Å². The van der Waals surface area contributed by atoms with Gasteiger partial charge >= 0.3 is 0 Å². The first kappa shape index (κ1) is 19.9. The monoisotopic (exact) mass is 376 g/mol. The van der Waals surface area contributed by atoms with E-state index in [2.05, 4.69) is 0 Å². The lowest BCUT2D eigenvalue weighted by molar-refractivity contribution is -0.118. The summed E-state index contributed by atoms with van der Waals surface area (Å²) >= 11 is 0. The van der Waals surface area contributed by atoms with Crippen molar-refractivity contribution < 1.29 is 17.9 Å². The van der Waals surface area contributed by atoms with Gasteiger partial charge in [0.25, 0.3) is 0 Å². The van der Waals surface area contributed by atoms with Crippen molar-refractivity contribution in [3.63, 3.8) is 0 Å². The average molecular weight is 376 g/mol. The van der Waals surface area contributed by atoms with Gasteiger partial charge in [-0.1, -0.05) is 25.1 Å². The molecule has 26 heavy (non-hydrogen) atoms. The molecule has 0 saturated heterocycles. The van der Waals surface area contributed by atoms with Crippen molar-refractivity contribution >= 4 is 21.6 Å². The van der Waals surface area contributed by atoms with Crippen LogP contribution in [0.1, 0.15) is 13.8 Å². The largest absolute Gasteiger partial charge is 0.494 e. The number of anilines is 1. The second kappa shape index (κ2) is 8.82. The maximum atomic E-state index is 12.8. The molecule has 2 aromatic rings. The van der Waals surface area contributed by atoms with Crippen LogP contribution in [0.4, 0.5) is 5.69 Å². The minimum Gasteiger partial charge on any atom is -0.494 e. The summed E-state index contributed by atoms with van der Waals surface area (Å²) in [6, 6.07) is 15.3. The molecular formula is C19H24N2O4S. The van der Waals surface area contributed by atoms with Crippen LogP contribution in [0.25, 0.3) is 0 Å². The second-order valence-electron chi connectivity index (χ2n) is 5.62. The third-order valence-corrected chi connectivity index (χ3v) is 5.89. The van der Waals surface area contributed by atoms with Crippen LogP contribution in [0.3, 0.4) is 0 Å². The molecule has 0 atom stereocenters. The Morgan fingerprint density at radius 3 is 2.15 bits per heavy atom. The van der Waals surface area contributed by atoms with Gasteiger partial charge in [0.1, 0.15) is 5.75 Å². The van der Waals surface area contributed by atoms with Crippen LogP contribution in [0, 0.1) is 0 Å². The number of amides is 1. The van der Waals surface area contributed by atoms with Crippen molar-refractivity contribution in [3.05, 3.63) is 54.6 Å². The zero-order chi connectivity index (χ0) is 19.2. The zero-order valence-corrected chi connectivity index (χ0v) is 16.1. The highest BCUT2D eigenvalue weighted by Crippen LogP contribution is 2.20. The smallest absolute Gasteiger partial charge is 0.243 e. The third kappa shape index (κ3) is 4.62. The molecule has 6 nitrogen and oxygen atoms in total. The molecule has 0 fully saturated rings. The number of ether oxygens (including phenoxy) is 1. The molecule has 0 N–H and O–H groups in total. The molecule has 0 aromatic heterocycles. The Morgan fingerprint density at radius 2 is 1.62 bits per heavy atom. The van der Waals surface area contributed by atoms with Crippen molar-refractivity contribution in [3.8, 4) is 5.75 Å². The van der Waals surface area contributed by atoms with Gasteiger partial charge in [-0.05, 0) is 43.3 Å². The molecular weight excluding hydrogens is 352 g/mol. The van der Waals surface area contributed by atoms with Gasteiger partial charge in [0.2, 0.25) is 15.9 Å². The van der Waals surface area contributed by atoms with E-state index < -0.39 is 10.0 Å². The Labute approximate surface area is 155 Å². The number of hydrogen-bond donors (Lipinski definition) is 0. The van der Waals surface area contributed by atoms with Gasteiger partial charge < -0.3 is 9.64 Å². The van der Waals surface area contributed by atoms with Crippen molar-refractivity contribution in [2.45, 2.75) is 18.7 Å². The Kier molecular flexibility index (Phi) is 6.76. The highest BCUT2D eigenvalue weighted by molar-refractivity contribution is 7.89. The second-order valence-corrected chi connectivity index (χ2v) is 7.56. The van der Waals surface area contributed by atoms with Crippen LogP contribution in [0.15, 0.2) is 59.5 Å². The van der Waals surface area contributed by atoms with E-state index in [0.717, 1.165) is 0 Å². The predicted molar refractivity (Wildman–Crippen MR) is 102 cm³/mol. The highest BCUT2D eigenvalue weighted by atomic mass is 32.2. The number of hydrogen-bond acceptors (Lipinski definition) is 4. The van der Waals surface area contributed by atoms with Crippen LogP contribution in [-0.2, 0) is 14.8 Å². The number of sulfonamides is 1. The van der Waals surface area contributed by atoms with E-state index in [1.807, 2.05) is 25.1 Å². The van der Waals surface area contributed by atoms with E-state index in [1.54, 1.807) is 38.2 Å². The normalized spacial score (nSPS) is 11.4. The molecule has 7 heteroatoms. The average Bonchev–Trinajstić information content (AvgIpc) is 2.66. The number of para-hydroxylation sites is 1. The first-order valence-electron chi connectivity index (χ1n) is 8.44. The number of carbonyl (C=O) groups excluding carboxylic acids is 1. The summed E-state index contributed by atoms with van der Waals surface area (Å²) in [5.74, 6) is 0.307. The standard InChI is InChI=1S/C19H24N2O4S/c1-4-21(15-19(22)20(3)16-9-7-6-8-10-16)26(23,24)18-13-11-17(12-14-18)25-5-2/h6-14H,4-5,15H2,1-3H3. The molecule has 0 saturated carbocycles. The fourth-order valence-corrected chi connectivity index (χ4v) is 3.84. The molecule has 0 unspecified atom stereocenters. The minimum atomic E-state index is -3.76. The number of likely N-dealkylation sites (N-methyl/N-ethyl adjacent to an activating group) is 2. The van der Waals surface area contributed by atoms with E-state index in [4.69, 9.17) is 4.74 Å². The first-order chi connectivity index (χ1) is 12.4. The van der Waals surface area contributed by atoms with Crippen molar-refractivity contribution in [1.29, 1.82) is 0 Å². The van der Waals surface area contributed by atoms with E-state index in [0.29, 0.717) is 18.0 Å². The zero-order valence-electron chi connectivity index (χ0n) is 15.3. The Bertz CT molecular complexity index is 820. The lowest BCUT2D eigenvalue weighted by atomic mass is 10.3. The topological polar surface area (TPSA) is 66.9 Å². The maximum Gasteiger partial charge on any atom is 0.243 e. The lowest BCUT2D eigenvalue weighted by Crippen LogP contribution is -2.41. The van der Waals surface area contributed by atoms with Crippen LogP contribution in [-0.4, -0.2) is 45.4 Å². The van der Waals surface area contributed by atoms with Gasteiger partial charge in [-0.25, -0.2) is 8.42 Å². The van der Waals surface area contributed by atoms with Crippen molar-refractivity contribution in [1.82, 2.24) is 4.31 Å². The van der Waals surface area contributed by atoms with Crippen LogP contribution in [0.2, 0.25) is 0 Å². The lowest BCUT2D eigenvalue weighted by Gasteiger charge is -2.24. The van der Waals surface area contributed by atoms with Gasteiger partial charge in [0, 0.05) is 19.3 Å². The highest BCUT2D eigenvalue weighted by Gasteiger charge is 2.26. The molecule has 0 bridgehead atoms. The predicted octanol–water partition coefficient (Wildman–Crippen LogP) is 2.76. The third-order valence-electron chi connectivity index (χ3n) is 3.95. The molecule has 140 valence electrons. The maximum absolute atomic E-state index is 12.8. The van der Waals surface area contributed by atoms with Gasteiger partial charge in [0.05, 0.1) is 18.0 Å². The number of nitrogens with zero attached hydrogens (tertiary/aromatic N) is 2. The molecule has 0 radical (unpaired) electrons. The molecule has 2 rings (SSSR count). The summed E-state index contributed by atoms with van der Waals surface area (Å²) in [5, 5.41) is 0. The summed E-state index contributed by atoms with van der Waals surface area (Å²) in [6.45, 7) is 4.05. The molecule has 0 heterocycles. The number of rotatable bonds is 8. The summed E-state index contributed by atoms with van der Waals surface area (Å²) in [4.78, 5) is 14.1. The van der Waals surface area contributed by atoms with Gasteiger partial charge in [-0.15, -0.1) is 0 Å². The van der Waals surface area contributed by atoms with E-state index in [1.165, 1.54) is 21.3 Å². The SMILES string of the molecule is CCOc1ccc(S(=O)(=O)N(CC)CC(=O)N(C)c2ccccc2)cc1. The van der Waals surface area contributed by atoms with Crippen LogP contribution >= 0.6 is 0 Å². The Morgan fingerprint density at radius 1 is 1.00 bits per heavy atom. The van der Waals surface area contributed by atoms with Crippen LogP contribution in [0.5, 0.6) is 5.75 Å². The quantitative estimate of drug-likeness (QED) is 0.710. The van der Waals surface area contributed by atoms with E-state index in [-0.39, 0.29) is 23.9 Å². The molecule has 0 aliphatic rings. The van der Waals surface area contributed by atoms with Crippen molar-refractivity contribution in [2.75, 3.05) is 31.6 Å². The molecule has 0 aliphatic carbocycles. The fraction of sp³-hybridized carbons (Fsp3) is 0.316. The Hall–Kier alpha value is -2.38. The summed E-state index contributed by atoms with van der Waals surface area (Å²) in [7, 11) is -2.13. The molecule has 1 amide bonds. The fourth-order valence-electron chi connectivity index (χ4n) is 2.44. The van der Waals surface area contributed by atoms with Gasteiger partial charge in [-0.2, -0.15) is 4.31 Å². The summed E-state index contributed by atoms with van der Waals surface area (Å²) in [6.07, 6.45) is 0. The van der Waals surface area contributed by atoms with Gasteiger partial charge in [0.15, 0.2) is 0 Å². The molecule has 0 aliphatic heterocycles. The molecule has 2 aromatic carbocycles. The van der Waals surface area contributed by atoms with Crippen LogP contribution < -0.4 is 9.64 Å². The number of carbonyl (C=O) groups is 1. The van der Waals surface area contributed by atoms with E-state index in [9.17, 15) is 13.2 Å². The van der Waals surface area contributed by atoms with Crippen molar-refractivity contribution in [2.24, 2.45) is 0 Å². The first-order valence-corrected chi connectivity index (χ1v) is 9.88. The summed E-state index contributed by atoms with van der Waals surface area (Å²) < 4.78 is 32.2.